The van der Waals surface area contributed by atoms with Crippen molar-refractivity contribution in [3.05, 3.63) is 28.2 Å². The van der Waals surface area contributed by atoms with Crippen molar-refractivity contribution in [1.29, 1.82) is 0 Å². The Morgan fingerprint density at radius 1 is 1.14 bits per heavy atom. The largest absolute Gasteiger partial charge is 0.489 e. The van der Waals surface area contributed by atoms with E-state index < -0.39 is 6.10 Å². The second-order valence-corrected chi connectivity index (χ2v) is 6.56. The van der Waals surface area contributed by atoms with Gasteiger partial charge in [0.15, 0.2) is 0 Å². The summed E-state index contributed by atoms with van der Waals surface area (Å²) in [5.74, 6) is 0.539. The highest BCUT2D eigenvalue weighted by molar-refractivity contribution is 6.35. The number of hydrogen-bond acceptors (Lipinski definition) is 3. The van der Waals surface area contributed by atoms with Crippen LogP contribution in [-0.2, 0) is 0 Å². The van der Waals surface area contributed by atoms with E-state index in [1.165, 1.54) is 9.80 Å². The van der Waals surface area contributed by atoms with Crippen LogP contribution in [0.3, 0.4) is 0 Å². The van der Waals surface area contributed by atoms with Crippen LogP contribution in [0.25, 0.3) is 0 Å². The lowest BCUT2D eigenvalue weighted by Crippen LogP contribution is -3.28. The van der Waals surface area contributed by atoms with E-state index in [-0.39, 0.29) is 13.2 Å². The molecule has 1 aliphatic heterocycles. The Morgan fingerprint density at radius 3 is 2.45 bits per heavy atom. The van der Waals surface area contributed by atoms with Crippen LogP contribution in [0.4, 0.5) is 0 Å². The van der Waals surface area contributed by atoms with Crippen LogP contribution >= 0.6 is 23.2 Å². The molecule has 22 heavy (non-hydrogen) atoms. The number of hydrogen-bond donors (Lipinski definition) is 4. The van der Waals surface area contributed by atoms with Gasteiger partial charge in [-0.2, -0.15) is 0 Å². The average molecular weight is 351 g/mol. The summed E-state index contributed by atoms with van der Waals surface area (Å²) in [5, 5.41) is 20.1. The van der Waals surface area contributed by atoms with Crippen LogP contribution in [0.15, 0.2) is 18.2 Å². The molecule has 7 heteroatoms. The van der Waals surface area contributed by atoms with Gasteiger partial charge in [-0.1, -0.05) is 23.2 Å². The molecule has 0 spiro atoms. The number of benzene rings is 1. The Labute approximate surface area is 141 Å². The molecule has 1 saturated heterocycles. The van der Waals surface area contributed by atoms with Gasteiger partial charge in [0.25, 0.3) is 0 Å². The minimum Gasteiger partial charge on any atom is -0.489 e. The number of halogens is 2. The van der Waals surface area contributed by atoms with Gasteiger partial charge >= 0.3 is 0 Å². The van der Waals surface area contributed by atoms with Crippen LogP contribution in [0.1, 0.15) is 0 Å². The summed E-state index contributed by atoms with van der Waals surface area (Å²) in [7, 11) is 0. The molecule has 0 saturated carbocycles. The Hall–Kier alpha value is -0.560. The quantitative estimate of drug-likeness (QED) is 0.484. The maximum absolute atomic E-state index is 10.1. The van der Waals surface area contributed by atoms with Crippen molar-refractivity contribution < 1.29 is 24.7 Å². The lowest BCUT2D eigenvalue weighted by Gasteiger charge is -2.30. The summed E-state index contributed by atoms with van der Waals surface area (Å²) in [5.41, 5.74) is 0. The first kappa shape index (κ1) is 17.8. The zero-order valence-electron chi connectivity index (χ0n) is 12.5. The summed E-state index contributed by atoms with van der Waals surface area (Å²) in [4.78, 5) is 2.81. The molecule has 0 aromatic heterocycles. The fourth-order valence-electron chi connectivity index (χ4n) is 2.74. The third-order valence-corrected chi connectivity index (χ3v) is 4.51. The molecule has 0 radical (unpaired) electrons. The maximum atomic E-state index is 10.1. The fourth-order valence-corrected chi connectivity index (χ4v) is 3.20. The lowest BCUT2D eigenvalue weighted by molar-refractivity contribution is -1.01. The molecule has 1 heterocycles. The number of quaternary nitrogens is 2. The Kier molecular flexibility index (Phi) is 7.21. The van der Waals surface area contributed by atoms with Crippen LogP contribution in [0.5, 0.6) is 5.75 Å². The van der Waals surface area contributed by atoms with Gasteiger partial charge < -0.3 is 24.7 Å². The predicted molar refractivity (Wildman–Crippen MR) is 86.2 cm³/mol. The first-order valence-electron chi connectivity index (χ1n) is 7.62. The average Bonchev–Trinajstić information content (AvgIpc) is 2.49. The monoisotopic (exact) mass is 350 g/mol. The summed E-state index contributed by atoms with van der Waals surface area (Å²) in [6.07, 6.45) is -0.527. The molecule has 0 aliphatic carbocycles. The van der Waals surface area contributed by atoms with E-state index in [2.05, 4.69) is 0 Å². The molecule has 1 aromatic carbocycles. The highest BCUT2D eigenvalue weighted by atomic mass is 35.5. The van der Waals surface area contributed by atoms with Crippen molar-refractivity contribution in [2.45, 2.75) is 6.10 Å². The molecule has 4 N–H and O–H groups in total. The van der Waals surface area contributed by atoms with E-state index >= 15 is 0 Å². The van der Waals surface area contributed by atoms with E-state index in [4.69, 9.17) is 33.0 Å². The third-order valence-electron chi connectivity index (χ3n) is 3.98. The highest BCUT2D eigenvalue weighted by Gasteiger charge is 2.24. The van der Waals surface area contributed by atoms with E-state index in [9.17, 15) is 5.11 Å². The first-order valence-corrected chi connectivity index (χ1v) is 8.38. The molecular weight excluding hydrogens is 327 g/mol. The van der Waals surface area contributed by atoms with Gasteiger partial charge in [-0.3, -0.25) is 0 Å². The molecule has 0 bridgehead atoms. The number of aliphatic hydroxyl groups excluding tert-OH is 2. The predicted octanol–water partition coefficient (Wildman–Crippen LogP) is -1.49. The number of piperazine rings is 1. The maximum Gasteiger partial charge on any atom is 0.138 e. The van der Waals surface area contributed by atoms with Gasteiger partial charge in [0.1, 0.15) is 57.7 Å². The smallest absolute Gasteiger partial charge is 0.138 e. The third kappa shape index (κ3) is 5.57. The molecule has 5 nitrogen and oxygen atoms in total. The summed E-state index contributed by atoms with van der Waals surface area (Å²) in [6, 6.07) is 5.05. The van der Waals surface area contributed by atoms with Gasteiger partial charge in [-0.25, -0.2) is 0 Å². The normalized spacial score (nSPS) is 23.3. The van der Waals surface area contributed by atoms with E-state index in [1.54, 1.807) is 18.2 Å². The van der Waals surface area contributed by atoms with E-state index in [0.29, 0.717) is 22.3 Å². The van der Waals surface area contributed by atoms with Crippen LogP contribution < -0.4 is 14.5 Å². The second kappa shape index (κ2) is 8.91. The standard InChI is InChI=1S/C15H22Cl2N2O3/c16-12-1-2-15(14(17)9-12)22-11-13(21)10-19-5-3-18(4-6-19)7-8-20/h1-2,9,13,20-21H,3-8,10-11H2/p+2/t13-/m0/s1. The van der Waals surface area contributed by atoms with Crippen LogP contribution in [-0.4, -0.2) is 68.8 Å². The summed E-state index contributed by atoms with van der Waals surface area (Å²) >= 11 is 11.9. The SMILES string of the molecule is OCC[NH+]1CC[NH+](C[C@H](O)COc2ccc(Cl)cc2Cl)CC1. The minimum absolute atomic E-state index is 0.220. The molecule has 1 aliphatic rings. The van der Waals surface area contributed by atoms with Crippen molar-refractivity contribution in [2.75, 3.05) is 52.5 Å². The number of ether oxygens (including phenoxy) is 1. The van der Waals surface area contributed by atoms with Crippen molar-refractivity contribution >= 4 is 23.2 Å². The molecular formula is C15H24Cl2N2O3+2. The number of rotatable bonds is 7. The molecule has 0 amide bonds. The van der Waals surface area contributed by atoms with Gasteiger partial charge in [0.2, 0.25) is 0 Å². The van der Waals surface area contributed by atoms with Crippen LogP contribution in [0, 0.1) is 0 Å². The van der Waals surface area contributed by atoms with Crippen molar-refractivity contribution in [3.63, 3.8) is 0 Å². The van der Waals surface area contributed by atoms with E-state index in [0.717, 1.165) is 32.7 Å². The van der Waals surface area contributed by atoms with Crippen molar-refractivity contribution in [2.24, 2.45) is 0 Å². The molecule has 1 atom stereocenters. The van der Waals surface area contributed by atoms with E-state index in [1.807, 2.05) is 0 Å². The Morgan fingerprint density at radius 2 is 1.82 bits per heavy atom. The van der Waals surface area contributed by atoms with Gasteiger partial charge in [-0.15, -0.1) is 0 Å². The Bertz CT molecular complexity index is 468. The zero-order valence-corrected chi connectivity index (χ0v) is 14.0. The lowest BCUT2D eigenvalue weighted by atomic mass is 10.2. The second-order valence-electron chi connectivity index (χ2n) is 5.72. The molecule has 124 valence electrons. The molecule has 1 fully saturated rings. The summed E-state index contributed by atoms with van der Waals surface area (Å²) in [6.45, 7) is 6.02. The van der Waals surface area contributed by atoms with Crippen molar-refractivity contribution in [3.8, 4) is 5.75 Å². The van der Waals surface area contributed by atoms with Gasteiger partial charge in [0, 0.05) is 5.02 Å². The minimum atomic E-state index is -0.527. The summed E-state index contributed by atoms with van der Waals surface area (Å²) < 4.78 is 5.56. The van der Waals surface area contributed by atoms with Gasteiger partial charge in [-0.05, 0) is 18.2 Å². The fraction of sp³-hybridized carbons (Fsp3) is 0.600. The topological polar surface area (TPSA) is 58.6 Å². The van der Waals surface area contributed by atoms with Crippen LogP contribution in [0.2, 0.25) is 10.0 Å². The molecule has 1 aromatic rings. The highest BCUT2D eigenvalue weighted by Crippen LogP contribution is 2.27. The molecule has 2 rings (SSSR count). The number of nitrogens with one attached hydrogen (secondary N) is 2. The van der Waals surface area contributed by atoms with Gasteiger partial charge in [0.05, 0.1) is 11.6 Å². The Balaban J connectivity index is 1.71. The zero-order chi connectivity index (χ0) is 15.9. The first-order chi connectivity index (χ1) is 10.6. The van der Waals surface area contributed by atoms with Crippen molar-refractivity contribution in [1.82, 2.24) is 0 Å². The number of aliphatic hydroxyl groups is 2. The molecule has 0 unspecified atom stereocenters.